The summed E-state index contributed by atoms with van der Waals surface area (Å²) < 4.78 is 0. The number of rotatable bonds is 4. The van der Waals surface area contributed by atoms with E-state index in [-0.39, 0.29) is 0 Å². The van der Waals surface area contributed by atoms with Crippen LogP contribution < -0.4 is 11.1 Å². The standard InChI is InChI=1S/C17H27N3/c1-14-8-10-15(11-9-14)12-13-19-17(18)20-16-6-4-2-3-5-7-16/h8-11,16H,2-7,12-13H2,1H3,(H3,18,19,20). The highest BCUT2D eigenvalue weighted by Crippen LogP contribution is 2.16. The molecule has 110 valence electrons. The van der Waals surface area contributed by atoms with Crippen molar-refractivity contribution >= 4 is 5.96 Å². The maximum atomic E-state index is 5.98. The van der Waals surface area contributed by atoms with Crippen molar-refractivity contribution in [1.29, 1.82) is 0 Å². The third kappa shape index (κ3) is 5.24. The fraction of sp³-hybridized carbons (Fsp3) is 0.588. The van der Waals surface area contributed by atoms with Crippen molar-refractivity contribution in [3.8, 4) is 0 Å². The van der Waals surface area contributed by atoms with Crippen molar-refractivity contribution in [3.05, 3.63) is 35.4 Å². The van der Waals surface area contributed by atoms with Crippen LogP contribution in [-0.2, 0) is 6.42 Å². The van der Waals surface area contributed by atoms with Gasteiger partial charge in [-0.15, -0.1) is 0 Å². The molecule has 0 saturated heterocycles. The maximum absolute atomic E-state index is 5.98. The van der Waals surface area contributed by atoms with Crippen LogP contribution in [0, 0.1) is 6.92 Å². The Hall–Kier alpha value is -1.51. The largest absolute Gasteiger partial charge is 0.370 e. The highest BCUT2D eigenvalue weighted by Gasteiger charge is 2.11. The van der Waals surface area contributed by atoms with Gasteiger partial charge >= 0.3 is 0 Å². The van der Waals surface area contributed by atoms with Gasteiger partial charge in [-0.2, -0.15) is 0 Å². The minimum absolute atomic E-state index is 0.528. The minimum Gasteiger partial charge on any atom is -0.370 e. The lowest BCUT2D eigenvalue weighted by molar-refractivity contribution is 0.530. The molecule has 0 spiro atoms. The molecular weight excluding hydrogens is 246 g/mol. The Labute approximate surface area is 122 Å². The summed E-state index contributed by atoms with van der Waals surface area (Å²) in [7, 11) is 0. The first kappa shape index (κ1) is 14.9. The quantitative estimate of drug-likeness (QED) is 0.503. The topological polar surface area (TPSA) is 50.4 Å². The van der Waals surface area contributed by atoms with Crippen LogP contribution in [-0.4, -0.2) is 18.5 Å². The van der Waals surface area contributed by atoms with Gasteiger partial charge in [0.05, 0.1) is 0 Å². The first-order chi connectivity index (χ1) is 9.74. The SMILES string of the molecule is Cc1ccc(CCN=C(N)NC2CCCCCC2)cc1. The molecule has 1 aromatic carbocycles. The van der Waals surface area contributed by atoms with Crippen molar-refractivity contribution in [1.82, 2.24) is 5.32 Å². The number of hydrogen-bond acceptors (Lipinski definition) is 1. The van der Waals surface area contributed by atoms with E-state index in [1.54, 1.807) is 0 Å². The van der Waals surface area contributed by atoms with Crippen molar-refractivity contribution in [3.63, 3.8) is 0 Å². The Bertz CT molecular complexity index is 414. The Kier molecular flexibility index (Phi) is 5.90. The molecule has 0 aliphatic heterocycles. The second-order valence-corrected chi connectivity index (χ2v) is 5.84. The third-order valence-electron chi connectivity index (χ3n) is 4.01. The molecule has 1 aromatic rings. The monoisotopic (exact) mass is 273 g/mol. The second kappa shape index (κ2) is 7.93. The summed E-state index contributed by atoms with van der Waals surface area (Å²) in [6, 6.07) is 9.15. The van der Waals surface area contributed by atoms with E-state index in [0.717, 1.165) is 13.0 Å². The Morgan fingerprint density at radius 3 is 2.45 bits per heavy atom. The average Bonchev–Trinajstić information content (AvgIpc) is 2.70. The van der Waals surface area contributed by atoms with Crippen LogP contribution in [0.1, 0.15) is 49.7 Å². The zero-order chi connectivity index (χ0) is 14.2. The predicted molar refractivity (Wildman–Crippen MR) is 86.0 cm³/mol. The summed E-state index contributed by atoms with van der Waals surface area (Å²) in [6.07, 6.45) is 8.77. The zero-order valence-electron chi connectivity index (χ0n) is 12.6. The van der Waals surface area contributed by atoms with Crippen molar-refractivity contribution in [2.24, 2.45) is 10.7 Å². The zero-order valence-corrected chi connectivity index (χ0v) is 12.6. The molecule has 0 radical (unpaired) electrons. The number of nitrogens with two attached hydrogens (primary N) is 1. The van der Waals surface area contributed by atoms with Gasteiger partial charge in [-0.1, -0.05) is 55.5 Å². The first-order valence-corrected chi connectivity index (χ1v) is 7.86. The molecule has 3 heteroatoms. The van der Waals surface area contributed by atoms with Crippen molar-refractivity contribution in [2.45, 2.75) is 57.9 Å². The predicted octanol–water partition coefficient (Wildman–Crippen LogP) is 3.16. The molecule has 0 amide bonds. The van der Waals surface area contributed by atoms with E-state index in [1.165, 1.54) is 49.7 Å². The molecule has 0 heterocycles. The fourth-order valence-corrected chi connectivity index (χ4v) is 2.74. The summed E-state index contributed by atoms with van der Waals surface area (Å²) in [4.78, 5) is 4.45. The van der Waals surface area contributed by atoms with E-state index < -0.39 is 0 Å². The molecule has 1 aliphatic carbocycles. The number of aliphatic imine (C=N–C) groups is 1. The van der Waals surface area contributed by atoms with Crippen LogP contribution in [0.3, 0.4) is 0 Å². The van der Waals surface area contributed by atoms with Crippen molar-refractivity contribution in [2.75, 3.05) is 6.54 Å². The van der Waals surface area contributed by atoms with Gasteiger partial charge in [-0.05, 0) is 31.7 Å². The van der Waals surface area contributed by atoms with Crippen LogP contribution in [0.4, 0.5) is 0 Å². The Morgan fingerprint density at radius 2 is 1.80 bits per heavy atom. The first-order valence-electron chi connectivity index (χ1n) is 7.86. The highest BCUT2D eigenvalue weighted by molar-refractivity contribution is 5.78. The molecule has 1 saturated carbocycles. The lowest BCUT2D eigenvalue weighted by Crippen LogP contribution is -2.40. The molecule has 0 aromatic heterocycles. The van der Waals surface area contributed by atoms with Crippen LogP contribution in [0.2, 0.25) is 0 Å². The molecule has 2 rings (SSSR count). The number of benzene rings is 1. The normalized spacial score (nSPS) is 17.8. The van der Waals surface area contributed by atoms with Gasteiger partial charge in [0.15, 0.2) is 5.96 Å². The Balaban J connectivity index is 1.74. The van der Waals surface area contributed by atoms with E-state index in [1.807, 2.05) is 0 Å². The fourth-order valence-electron chi connectivity index (χ4n) is 2.74. The van der Waals surface area contributed by atoms with Crippen LogP contribution in [0.5, 0.6) is 0 Å². The minimum atomic E-state index is 0.528. The number of nitrogens with zero attached hydrogens (tertiary/aromatic N) is 1. The van der Waals surface area contributed by atoms with E-state index >= 15 is 0 Å². The van der Waals surface area contributed by atoms with Gasteiger partial charge in [-0.3, -0.25) is 4.99 Å². The van der Waals surface area contributed by atoms with Gasteiger partial charge in [0.2, 0.25) is 0 Å². The van der Waals surface area contributed by atoms with E-state index in [4.69, 9.17) is 5.73 Å². The second-order valence-electron chi connectivity index (χ2n) is 5.84. The number of nitrogens with one attached hydrogen (secondary N) is 1. The lowest BCUT2D eigenvalue weighted by Gasteiger charge is -2.16. The molecule has 3 N–H and O–H groups in total. The van der Waals surface area contributed by atoms with Gasteiger partial charge in [0, 0.05) is 12.6 Å². The molecule has 0 atom stereocenters. The molecule has 1 fully saturated rings. The molecule has 3 nitrogen and oxygen atoms in total. The highest BCUT2D eigenvalue weighted by atomic mass is 15.1. The van der Waals surface area contributed by atoms with Crippen LogP contribution in [0.15, 0.2) is 29.3 Å². The number of hydrogen-bond donors (Lipinski definition) is 2. The molecular formula is C17H27N3. The average molecular weight is 273 g/mol. The van der Waals surface area contributed by atoms with Crippen molar-refractivity contribution < 1.29 is 0 Å². The summed E-state index contributed by atoms with van der Waals surface area (Å²) >= 11 is 0. The van der Waals surface area contributed by atoms with E-state index in [9.17, 15) is 0 Å². The number of aryl methyl sites for hydroxylation is 1. The summed E-state index contributed by atoms with van der Waals surface area (Å²) in [5, 5.41) is 3.38. The van der Waals surface area contributed by atoms with E-state index in [2.05, 4.69) is 41.5 Å². The lowest BCUT2D eigenvalue weighted by atomic mass is 10.1. The van der Waals surface area contributed by atoms with E-state index in [0.29, 0.717) is 12.0 Å². The third-order valence-corrected chi connectivity index (χ3v) is 4.01. The van der Waals surface area contributed by atoms with Gasteiger partial charge in [0.1, 0.15) is 0 Å². The smallest absolute Gasteiger partial charge is 0.188 e. The maximum Gasteiger partial charge on any atom is 0.188 e. The number of guanidine groups is 1. The molecule has 0 bridgehead atoms. The molecule has 0 unspecified atom stereocenters. The van der Waals surface area contributed by atoms with Gasteiger partial charge in [-0.25, -0.2) is 0 Å². The van der Waals surface area contributed by atoms with Crippen LogP contribution in [0.25, 0.3) is 0 Å². The summed E-state index contributed by atoms with van der Waals surface area (Å²) in [5.74, 6) is 0.615. The summed E-state index contributed by atoms with van der Waals surface area (Å²) in [6.45, 7) is 2.87. The van der Waals surface area contributed by atoms with Crippen LogP contribution >= 0.6 is 0 Å². The van der Waals surface area contributed by atoms with Gasteiger partial charge in [0.25, 0.3) is 0 Å². The summed E-state index contributed by atoms with van der Waals surface area (Å²) in [5.41, 5.74) is 8.60. The molecule has 20 heavy (non-hydrogen) atoms. The molecule has 1 aliphatic rings. The Morgan fingerprint density at radius 1 is 1.15 bits per heavy atom. The van der Waals surface area contributed by atoms with Gasteiger partial charge < -0.3 is 11.1 Å².